The van der Waals surface area contributed by atoms with E-state index in [1.165, 1.54) is 5.56 Å². The van der Waals surface area contributed by atoms with Crippen LogP contribution in [0.2, 0.25) is 0 Å². The van der Waals surface area contributed by atoms with Crippen molar-refractivity contribution in [3.05, 3.63) is 35.9 Å². The lowest BCUT2D eigenvalue weighted by atomic mass is 9.94. The predicted molar refractivity (Wildman–Crippen MR) is 76.3 cm³/mol. The van der Waals surface area contributed by atoms with Gasteiger partial charge in [-0.25, -0.2) is 0 Å². The number of nitrogens with zero attached hydrogens (tertiary/aromatic N) is 1. The Morgan fingerprint density at radius 2 is 2.11 bits per heavy atom. The zero-order valence-corrected chi connectivity index (χ0v) is 11.6. The van der Waals surface area contributed by atoms with Crippen molar-refractivity contribution in [2.45, 2.75) is 31.2 Å². The zero-order valence-electron chi connectivity index (χ0n) is 11.6. The number of hydrogen-bond donors (Lipinski definition) is 0. The maximum Gasteiger partial charge on any atom is 0.137 e. The first-order chi connectivity index (χ1) is 9.35. The normalized spacial score (nSPS) is 24.9. The fourth-order valence-electron chi connectivity index (χ4n) is 2.88. The highest BCUT2D eigenvalue weighted by molar-refractivity contribution is 5.57. The summed E-state index contributed by atoms with van der Waals surface area (Å²) >= 11 is 0. The van der Waals surface area contributed by atoms with Gasteiger partial charge in [0, 0.05) is 20.2 Å². The van der Waals surface area contributed by atoms with Gasteiger partial charge in [0.1, 0.15) is 6.29 Å². The van der Waals surface area contributed by atoms with E-state index in [2.05, 4.69) is 35.2 Å². The topological polar surface area (TPSA) is 29.5 Å². The van der Waals surface area contributed by atoms with Crippen LogP contribution in [0.1, 0.15) is 30.7 Å². The molecule has 0 saturated carbocycles. The first-order valence-corrected chi connectivity index (χ1v) is 7.08. The Hall–Kier alpha value is -1.19. The molecule has 0 spiro atoms. The van der Waals surface area contributed by atoms with Crippen molar-refractivity contribution < 1.29 is 9.53 Å². The zero-order chi connectivity index (χ0) is 13.5. The van der Waals surface area contributed by atoms with Crippen LogP contribution in [-0.4, -0.2) is 44.0 Å². The van der Waals surface area contributed by atoms with Gasteiger partial charge >= 0.3 is 0 Å². The highest BCUT2D eigenvalue weighted by atomic mass is 16.5. The van der Waals surface area contributed by atoms with E-state index in [1.54, 1.807) is 7.11 Å². The highest BCUT2D eigenvalue weighted by Gasteiger charge is 2.26. The summed E-state index contributed by atoms with van der Waals surface area (Å²) < 4.78 is 5.16. The van der Waals surface area contributed by atoms with Crippen molar-refractivity contribution in [1.82, 2.24) is 4.90 Å². The van der Waals surface area contributed by atoms with Gasteiger partial charge in [-0.05, 0) is 24.3 Å². The Balaban J connectivity index is 2.08. The van der Waals surface area contributed by atoms with E-state index >= 15 is 0 Å². The number of aldehydes is 1. The number of methoxy groups -OCH3 is 1. The van der Waals surface area contributed by atoms with Crippen LogP contribution in [0.25, 0.3) is 0 Å². The molecule has 0 aromatic heterocycles. The van der Waals surface area contributed by atoms with Crippen molar-refractivity contribution >= 4 is 6.29 Å². The van der Waals surface area contributed by atoms with Gasteiger partial charge in [0.25, 0.3) is 0 Å². The molecule has 0 N–H and O–H groups in total. The van der Waals surface area contributed by atoms with E-state index in [-0.39, 0.29) is 6.04 Å². The molecular formula is C16H23NO2. The number of ether oxygens (including phenoxy) is 1. The van der Waals surface area contributed by atoms with Crippen LogP contribution in [0, 0.1) is 0 Å². The standard InChI is InChI=1S/C16H23NO2/c1-19-11-10-17-12-15(8-5-9-16(17)13-18)14-6-3-2-4-7-14/h2-4,6-7,13,15-16H,5,8-12H2,1H3. The molecule has 1 fully saturated rings. The molecule has 0 bridgehead atoms. The molecule has 1 saturated heterocycles. The minimum Gasteiger partial charge on any atom is -0.383 e. The molecule has 104 valence electrons. The van der Waals surface area contributed by atoms with Crippen LogP contribution in [0.5, 0.6) is 0 Å². The Morgan fingerprint density at radius 1 is 1.32 bits per heavy atom. The van der Waals surface area contributed by atoms with Crippen LogP contribution < -0.4 is 0 Å². The molecule has 0 aliphatic carbocycles. The molecule has 0 amide bonds. The van der Waals surface area contributed by atoms with Gasteiger partial charge in [-0.3, -0.25) is 4.90 Å². The van der Waals surface area contributed by atoms with Gasteiger partial charge in [-0.1, -0.05) is 36.8 Å². The minimum atomic E-state index is 0.0591. The highest BCUT2D eigenvalue weighted by Crippen LogP contribution is 2.28. The summed E-state index contributed by atoms with van der Waals surface area (Å²) in [5, 5.41) is 0. The molecule has 1 aromatic carbocycles. The molecule has 1 aliphatic rings. The first kappa shape index (κ1) is 14.2. The molecule has 0 radical (unpaired) electrons. The average molecular weight is 261 g/mol. The van der Waals surface area contributed by atoms with Crippen LogP contribution in [0.3, 0.4) is 0 Å². The maximum atomic E-state index is 11.2. The van der Waals surface area contributed by atoms with Gasteiger partial charge in [0.15, 0.2) is 0 Å². The van der Waals surface area contributed by atoms with E-state index in [0.717, 1.165) is 38.6 Å². The SMILES string of the molecule is COCCN1CC(c2ccccc2)CCCC1C=O. The molecular weight excluding hydrogens is 238 g/mol. The van der Waals surface area contributed by atoms with E-state index in [1.807, 2.05) is 0 Å². The summed E-state index contributed by atoms with van der Waals surface area (Å²) in [5.74, 6) is 0.531. The summed E-state index contributed by atoms with van der Waals surface area (Å²) in [6.45, 7) is 2.48. The maximum absolute atomic E-state index is 11.2. The summed E-state index contributed by atoms with van der Waals surface area (Å²) in [6.07, 6.45) is 4.35. The monoisotopic (exact) mass is 261 g/mol. The molecule has 19 heavy (non-hydrogen) atoms. The first-order valence-electron chi connectivity index (χ1n) is 7.08. The molecule has 3 nitrogen and oxygen atoms in total. The van der Waals surface area contributed by atoms with E-state index in [4.69, 9.17) is 4.74 Å². The third-order valence-corrected chi connectivity index (χ3v) is 3.99. The molecule has 1 aliphatic heterocycles. The quantitative estimate of drug-likeness (QED) is 0.763. The lowest BCUT2D eigenvalue weighted by molar-refractivity contribution is -0.112. The smallest absolute Gasteiger partial charge is 0.137 e. The molecule has 1 aromatic rings. The Bertz CT molecular complexity index is 380. The Kier molecular flexibility index (Phi) is 5.55. The van der Waals surface area contributed by atoms with Crippen molar-refractivity contribution in [2.75, 3.05) is 26.8 Å². The summed E-state index contributed by atoms with van der Waals surface area (Å²) in [7, 11) is 1.71. The van der Waals surface area contributed by atoms with E-state index in [0.29, 0.717) is 12.5 Å². The van der Waals surface area contributed by atoms with Crippen molar-refractivity contribution in [2.24, 2.45) is 0 Å². The van der Waals surface area contributed by atoms with Crippen molar-refractivity contribution in [3.8, 4) is 0 Å². The molecule has 2 unspecified atom stereocenters. The number of rotatable bonds is 5. The second-order valence-corrected chi connectivity index (χ2v) is 5.23. The third kappa shape index (κ3) is 3.88. The van der Waals surface area contributed by atoms with Crippen LogP contribution in [-0.2, 0) is 9.53 Å². The third-order valence-electron chi connectivity index (χ3n) is 3.99. The Morgan fingerprint density at radius 3 is 2.79 bits per heavy atom. The number of hydrogen-bond acceptors (Lipinski definition) is 3. The minimum absolute atomic E-state index is 0.0591. The van der Waals surface area contributed by atoms with Crippen molar-refractivity contribution in [1.29, 1.82) is 0 Å². The Labute approximate surface area is 115 Å². The van der Waals surface area contributed by atoms with E-state index in [9.17, 15) is 4.79 Å². The molecule has 3 heteroatoms. The van der Waals surface area contributed by atoms with Gasteiger partial charge < -0.3 is 9.53 Å². The lowest BCUT2D eigenvalue weighted by Gasteiger charge is -2.28. The van der Waals surface area contributed by atoms with Gasteiger partial charge in [-0.15, -0.1) is 0 Å². The average Bonchev–Trinajstić information content (AvgIpc) is 2.68. The fraction of sp³-hybridized carbons (Fsp3) is 0.562. The summed E-state index contributed by atoms with van der Waals surface area (Å²) in [5.41, 5.74) is 1.39. The molecule has 2 rings (SSSR count). The number of benzene rings is 1. The second-order valence-electron chi connectivity index (χ2n) is 5.23. The van der Waals surface area contributed by atoms with Gasteiger partial charge in [0.05, 0.1) is 12.6 Å². The lowest BCUT2D eigenvalue weighted by Crippen LogP contribution is -2.39. The fourth-order valence-corrected chi connectivity index (χ4v) is 2.88. The molecule has 2 atom stereocenters. The summed E-state index contributed by atoms with van der Waals surface area (Å²) in [6, 6.07) is 10.7. The number of carbonyl (C=O) groups is 1. The summed E-state index contributed by atoms with van der Waals surface area (Å²) in [4.78, 5) is 13.5. The van der Waals surface area contributed by atoms with Crippen LogP contribution >= 0.6 is 0 Å². The largest absolute Gasteiger partial charge is 0.383 e. The van der Waals surface area contributed by atoms with Gasteiger partial charge in [-0.2, -0.15) is 0 Å². The predicted octanol–water partition coefficient (Wildman–Crippen LogP) is 2.47. The molecule has 1 heterocycles. The second kappa shape index (κ2) is 7.41. The van der Waals surface area contributed by atoms with Crippen LogP contribution in [0.15, 0.2) is 30.3 Å². The van der Waals surface area contributed by atoms with Gasteiger partial charge in [0.2, 0.25) is 0 Å². The number of likely N-dealkylation sites (tertiary alicyclic amines) is 1. The number of carbonyl (C=O) groups excluding carboxylic acids is 1. The van der Waals surface area contributed by atoms with E-state index < -0.39 is 0 Å². The van der Waals surface area contributed by atoms with Crippen LogP contribution in [0.4, 0.5) is 0 Å². The van der Waals surface area contributed by atoms with Crippen molar-refractivity contribution in [3.63, 3.8) is 0 Å².